The van der Waals surface area contributed by atoms with Crippen LogP contribution in [-0.2, 0) is 0 Å². The molecule has 0 aromatic heterocycles. The van der Waals surface area contributed by atoms with E-state index < -0.39 is 0 Å². The van der Waals surface area contributed by atoms with E-state index in [4.69, 9.17) is 0 Å². The number of allylic oxidation sites excluding steroid dienone is 4. The zero-order chi connectivity index (χ0) is 13.6. The van der Waals surface area contributed by atoms with Gasteiger partial charge < -0.3 is 0 Å². The van der Waals surface area contributed by atoms with Crippen molar-refractivity contribution in [3.8, 4) is 0 Å². The molecule has 0 spiro atoms. The molecule has 0 radical (unpaired) electrons. The van der Waals surface area contributed by atoms with Crippen LogP contribution in [0.1, 0.15) is 71.6 Å². The number of rotatable bonds is 12. The lowest BCUT2D eigenvalue weighted by Gasteiger charge is -2.15. The maximum Gasteiger partial charge on any atom is -0.0289 e. The second kappa shape index (κ2) is 12.7. The van der Waals surface area contributed by atoms with E-state index in [9.17, 15) is 0 Å². The van der Waals surface area contributed by atoms with Crippen LogP contribution >= 0.6 is 0 Å². The fourth-order valence-corrected chi connectivity index (χ4v) is 2.28. The van der Waals surface area contributed by atoms with Gasteiger partial charge >= 0.3 is 0 Å². The summed E-state index contributed by atoms with van der Waals surface area (Å²) in [7, 11) is 0. The molecule has 0 saturated carbocycles. The molecule has 0 N–H and O–H groups in total. The van der Waals surface area contributed by atoms with Gasteiger partial charge in [-0.2, -0.15) is 0 Å². The highest BCUT2D eigenvalue weighted by Gasteiger charge is 2.07. The third-order valence-electron chi connectivity index (χ3n) is 3.51. The van der Waals surface area contributed by atoms with Gasteiger partial charge in [-0.15, -0.1) is 13.2 Å². The van der Waals surface area contributed by atoms with E-state index >= 15 is 0 Å². The molecular weight excluding hydrogens is 216 g/mol. The van der Waals surface area contributed by atoms with Gasteiger partial charge in [0.25, 0.3) is 0 Å². The minimum absolute atomic E-state index is 0.796. The summed E-state index contributed by atoms with van der Waals surface area (Å²) < 4.78 is 0. The van der Waals surface area contributed by atoms with Crippen LogP contribution in [0.4, 0.5) is 0 Å². The zero-order valence-corrected chi connectivity index (χ0v) is 12.6. The average Bonchev–Trinajstić information content (AvgIpc) is 2.39. The Kier molecular flexibility index (Phi) is 12.1. The van der Waals surface area contributed by atoms with E-state index in [-0.39, 0.29) is 0 Å². The lowest BCUT2D eigenvalue weighted by atomic mass is 9.90. The Morgan fingerprint density at radius 3 is 2.39 bits per heavy atom. The molecule has 0 rings (SSSR count). The van der Waals surface area contributed by atoms with E-state index in [1.807, 2.05) is 6.08 Å². The first-order chi connectivity index (χ1) is 8.78. The average molecular weight is 248 g/mol. The largest absolute Gasteiger partial charge is 0.103 e. The minimum atomic E-state index is 0.796. The predicted molar refractivity (Wildman–Crippen MR) is 84.9 cm³/mol. The lowest BCUT2D eigenvalue weighted by Crippen LogP contribution is -2.00. The summed E-state index contributed by atoms with van der Waals surface area (Å²) in [5, 5.41) is 0. The third kappa shape index (κ3) is 9.27. The molecule has 0 aliphatic heterocycles. The van der Waals surface area contributed by atoms with E-state index in [0.717, 1.165) is 18.8 Å². The zero-order valence-electron chi connectivity index (χ0n) is 12.6. The Labute approximate surface area is 115 Å². The Hall–Kier alpha value is -0.780. The van der Waals surface area contributed by atoms with Gasteiger partial charge in [-0.05, 0) is 50.9 Å². The highest BCUT2D eigenvalue weighted by atomic mass is 14.1. The van der Waals surface area contributed by atoms with Crippen molar-refractivity contribution in [2.75, 3.05) is 0 Å². The van der Waals surface area contributed by atoms with Gasteiger partial charge in [-0.1, -0.05) is 50.5 Å². The van der Waals surface area contributed by atoms with Crippen LogP contribution in [0.5, 0.6) is 0 Å². The van der Waals surface area contributed by atoms with Crippen LogP contribution in [-0.4, -0.2) is 0 Å². The summed E-state index contributed by atoms with van der Waals surface area (Å²) in [6.45, 7) is 12.2. The third-order valence-corrected chi connectivity index (χ3v) is 3.51. The molecule has 104 valence electrons. The quantitative estimate of drug-likeness (QED) is 0.275. The van der Waals surface area contributed by atoms with Crippen molar-refractivity contribution in [2.24, 2.45) is 5.92 Å². The van der Waals surface area contributed by atoms with Crippen molar-refractivity contribution in [3.63, 3.8) is 0 Å². The first-order valence-corrected chi connectivity index (χ1v) is 7.68. The first-order valence-electron chi connectivity index (χ1n) is 7.68. The highest BCUT2D eigenvalue weighted by Crippen LogP contribution is 2.23. The van der Waals surface area contributed by atoms with Crippen molar-refractivity contribution in [3.05, 3.63) is 37.0 Å². The molecule has 0 bridgehead atoms. The van der Waals surface area contributed by atoms with Crippen LogP contribution in [0.25, 0.3) is 0 Å². The van der Waals surface area contributed by atoms with E-state index in [1.165, 1.54) is 44.9 Å². The maximum atomic E-state index is 3.87. The summed E-state index contributed by atoms with van der Waals surface area (Å²) in [4.78, 5) is 0. The summed E-state index contributed by atoms with van der Waals surface area (Å²) in [6.07, 6.45) is 17.8. The second-order valence-corrected chi connectivity index (χ2v) is 5.19. The van der Waals surface area contributed by atoms with Crippen LogP contribution in [0.15, 0.2) is 37.0 Å². The fraction of sp³-hybridized carbons (Fsp3) is 0.667. The Balaban J connectivity index is 4.19. The monoisotopic (exact) mass is 248 g/mol. The highest BCUT2D eigenvalue weighted by molar-refractivity contribution is 5.03. The molecule has 0 heterocycles. The molecule has 0 heteroatoms. The summed E-state index contributed by atoms with van der Waals surface area (Å²) >= 11 is 0. The van der Waals surface area contributed by atoms with Gasteiger partial charge in [-0.3, -0.25) is 0 Å². The molecule has 0 aromatic carbocycles. The molecule has 0 saturated heterocycles. The fourth-order valence-electron chi connectivity index (χ4n) is 2.28. The standard InChI is InChI=1S/C18H32/c1-5-9-11-12-15-18(14-10-6-2)16-17(8-4)13-7-3/h5,7,14,17H,1,3,6,8-13,15-16H2,2,4H3. The van der Waals surface area contributed by atoms with E-state index in [0.29, 0.717) is 0 Å². The van der Waals surface area contributed by atoms with Gasteiger partial charge in [0, 0.05) is 0 Å². The molecule has 18 heavy (non-hydrogen) atoms. The number of hydrogen-bond acceptors (Lipinski definition) is 0. The van der Waals surface area contributed by atoms with Crippen molar-refractivity contribution in [2.45, 2.75) is 71.6 Å². The molecule has 1 atom stereocenters. The second-order valence-electron chi connectivity index (χ2n) is 5.19. The summed E-state index contributed by atoms with van der Waals surface area (Å²) in [6, 6.07) is 0. The van der Waals surface area contributed by atoms with Crippen molar-refractivity contribution < 1.29 is 0 Å². The van der Waals surface area contributed by atoms with E-state index in [2.05, 4.69) is 39.2 Å². The predicted octanol–water partition coefficient (Wildman–Crippen LogP) is 6.45. The smallest absolute Gasteiger partial charge is 0.0289 e. The SMILES string of the molecule is C=CCCCCC(=CCCC)CC(CC)CC=C. The topological polar surface area (TPSA) is 0 Å². The molecule has 0 nitrogen and oxygen atoms in total. The van der Waals surface area contributed by atoms with Gasteiger partial charge in [0.2, 0.25) is 0 Å². The van der Waals surface area contributed by atoms with Gasteiger partial charge in [0.05, 0.1) is 0 Å². The minimum Gasteiger partial charge on any atom is -0.103 e. The number of hydrogen-bond donors (Lipinski definition) is 0. The molecule has 1 unspecified atom stereocenters. The molecule has 0 aromatic rings. The normalized spacial score (nSPS) is 13.3. The van der Waals surface area contributed by atoms with Crippen molar-refractivity contribution in [1.29, 1.82) is 0 Å². The summed E-state index contributed by atoms with van der Waals surface area (Å²) in [5.74, 6) is 0.796. The van der Waals surface area contributed by atoms with Gasteiger partial charge in [0.15, 0.2) is 0 Å². The molecule has 0 fully saturated rings. The van der Waals surface area contributed by atoms with Crippen LogP contribution < -0.4 is 0 Å². The van der Waals surface area contributed by atoms with Crippen LogP contribution in [0, 0.1) is 5.92 Å². The van der Waals surface area contributed by atoms with Crippen LogP contribution in [0.3, 0.4) is 0 Å². The summed E-state index contributed by atoms with van der Waals surface area (Å²) in [5.41, 5.74) is 1.68. The van der Waals surface area contributed by atoms with Crippen molar-refractivity contribution in [1.82, 2.24) is 0 Å². The Bertz CT molecular complexity index is 234. The molecule has 0 amide bonds. The van der Waals surface area contributed by atoms with Gasteiger partial charge in [-0.25, -0.2) is 0 Å². The molecule has 0 aliphatic carbocycles. The van der Waals surface area contributed by atoms with Crippen molar-refractivity contribution >= 4 is 0 Å². The Morgan fingerprint density at radius 1 is 1.06 bits per heavy atom. The maximum absolute atomic E-state index is 3.87. The molecular formula is C18H32. The van der Waals surface area contributed by atoms with E-state index in [1.54, 1.807) is 5.57 Å². The lowest BCUT2D eigenvalue weighted by molar-refractivity contribution is 0.499. The van der Waals surface area contributed by atoms with Gasteiger partial charge in [0.1, 0.15) is 0 Å². The number of unbranched alkanes of at least 4 members (excludes halogenated alkanes) is 3. The Morgan fingerprint density at radius 2 is 1.83 bits per heavy atom. The first kappa shape index (κ1) is 17.2. The molecule has 0 aliphatic rings. The van der Waals surface area contributed by atoms with Crippen LogP contribution in [0.2, 0.25) is 0 Å².